The van der Waals surface area contributed by atoms with E-state index in [1.54, 1.807) is 0 Å². The highest BCUT2D eigenvalue weighted by Crippen LogP contribution is 2.43. The maximum atomic E-state index is 14.0. The van der Waals surface area contributed by atoms with Crippen molar-refractivity contribution in [3.05, 3.63) is 0 Å². The van der Waals surface area contributed by atoms with E-state index in [1.165, 1.54) is 89.9 Å². The fourth-order valence-corrected chi connectivity index (χ4v) is 9.79. The molecule has 8 nitrogen and oxygen atoms in total. The Labute approximate surface area is 285 Å². The van der Waals surface area contributed by atoms with Crippen molar-refractivity contribution in [3.8, 4) is 0 Å². The Hall–Kier alpha value is -2.12. The monoisotopic (exact) mass is 655 g/mol. The smallest absolute Gasteiger partial charge is 0.243 e. The Morgan fingerprint density at radius 3 is 2.02 bits per heavy atom. The third-order valence-corrected chi connectivity index (χ3v) is 12.6. The normalized spacial score (nSPS) is 32.6. The number of carbonyl (C=O) groups excluding carboxylic acids is 4. The van der Waals surface area contributed by atoms with E-state index in [9.17, 15) is 19.2 Å². The molecule has 2 aliphatic heterocycles. The lowest BCUT2D eigenvalue weighted by Crippen LogP contribution is -2.56. The van der Waals surface area contributed by atoms with Crippen molar-refractivity contribution in [3.63, 3.8) is 0 Å². The summed E-state index contributed by atoms with van der Waals surface area (Å²) in [7, 11) is 0. The van der Waals surface area contributed by atoms with Gasteiger partial charge in [-0.05, 0) is 68.6 Å². The summed E-state index contributed by atoms with van der Waals surface area (Å²) in [5, 5.41) is 9.43. The van der Waals surface area contributed by atoms with Crippen LogP contribution in [-0.4, -0.2) is 60.2 Å². The van der Waals surface area contributed by atoms with E-state index in [0.29, 0.717) is 43.8 Å². The Morgan fingerprint density at radius 2 is 1.26 bits per heavy atom. The highest BCUT2D eigenvalue weighted by molar-refractivity contribution is 5.95. The van der Waals surface area contributed by atoms with Crippen molar-refractivity contribution in [1.82, 2.24) is 20.9 Å². The Balaban J connectivity index is 1.28. The van der Waals surface area contributed by atoms with Gasteiger partial charge in [0.2, 0.25) is 23.6 Å². The maximum absolute atomic E-state index is 14.0. The van der Waals surface area contributed by atoms with Gasteiger partial charge in [-0.3, -0.25) is 19.2 Å². The molecule has 8 heteroatoms. The number of amides is 4. The second kappa shape index (κ2) is 19.2. The lowest BCUT2D eigenvalue weighted by Gasteiger charge is -2.41. The van der Waals surface area contributed by atoms with Crippen molar-refractivity contribution in [2.45, 2.75) is 173 Å². The van der Waals surface area contributed by atoms with E-state index < -0.39 is 12.1 Å². The van der Waals surface area contributed by atoms with Gasteiger partial charge in [0.1, 0.15) is 12.1 Å². The molecule has 266 valence electrons. The lowest BCUT2D eigenvalue weighted by atomic mass is 9.65. The summed E-state index contributed by atoms with van der Waals surface area (Å²) >= 11 is 0. The first-order valence-electron chi connectivity index (χ1n) is 20.1. The van der Waals surface area contributed by atoms with Gasteiger partial charge in [0.25, 0.3) is 0 Å². The highest BCUT2D eigenvalue weighted by Gasteiger charge is 2.36. The van der Waals surface area contributed by atoms with Crippen LogP contribution in [0.15, 0.2) is 0 Å². The first-order valence-corrected chi connectivity index (χ1v) is 20.1. The Bertz CT molecular complexity index is 1000. The fraction of sp³-hybridized carbons (Fsp3) is 0.897. The van der Waals surface area contributed by atoms with Gasteiger partial charge in [-0.2, -0.15) is 0 Å². The van der Waals surface area contributed by atoms with Crippen molar-refractivity contribution in [2.75, 3.05) is 19.6 Å². The van der Waals surface area contributed by atoms with Crippen LogP contribution in [0, 0.1) is 29.6 Å². The van der Waals surface area contributed by atoms with Crippen molar-refractivity contribution in [1.29, 1.82) is 0 Å². The first kappa shape index (κ1) is 36.2. The minimum atomic E-state index is -0.964. The van der Waals surface area contributed by atoms with Crippen LogP contribution in [0.1, 0.15) is 161 Å². The minimum Gasteiger partial charge on any atom is -0.354 e. The van der Waals surface area contributed by atoms with Crippen LogP contribution in [0.25, 0.3) is 0 Å². The lowest BCUT2D eigenvalue weighted by molar-refractivity contribution is -0.137. The molecule has 0 radical (unpaired) electrons. The zero-order chi connectivity index (χ0) is 32.8. The zero-order valence-electron chi connectivity index (χ0n) is 29.4. The van der Waals surface area contributed by atoms with Crippen LogP contribution >= 0.6 is 0 Å². The number of nitrogens with one attached hydrogen (secondary N) is 3. The number of likely N-dealkylation sites (tertiary alicyclic amines) is 1. The molecular formula is C39H66N4O4. The van der Waals surface area contributed by atoms with Gasteiger partial charge in [0.15, 0.2) is 0 Å². The van der Waals surface area contributed by atoms with E-state index >= 15 is 0 Å². The van der Waals surface area contributed by atoms with Crippen LogP contribution < -0.4 is 16.0 Å². The van der Waals surface area contributed by atoms with Crippen molar-refractivity contribution in [2.24, 2.45) is 29.6 Å². The van der Waals surface area contributed by atoms with Crippen LogP contribution in [0.3, 0.4) is 0 Å². The summed E-state index contributed by atoms with van der Waals surface area (Å²) in [5.41, 5.74) is 0. The number of nitrogens with zero attached hydrogens (tertiary/aromatic N) is 1. The van der Waals surface area contributed by atoms with E-state index in [1.807, 2.05) is 4.90 Å². The van der Waals surface area contributed by atoms with Crippen LogP contribution in [0.2, 0.25) is 0 Å². The van der Waals surface area contributed by atoms with E-state index in [4.69, 9.17) is 0 Å². The van der Waals surface area contributed by atoms with Gasteiger partial charge in [0, 0.05) is 25.6 Å². The molecular weight excluding hydrogens is 588 g/mol. The quantitative estimate of drug-likeness (QED) is 0.281. The maximum Gasteiger partial charge on any atom is 0.243 e. The first-order chi connectivity index (χ1) is 23.0. The van der Waals surface area contributed by atoms with E-state index in [2.05, 4.69) is 16.0 Å². The van der Waals surface area contributed by atoms with Crippen LogP contribution in [-0.2, 0) is 19.2 Å². The summed E-state index contributed by atoms with van der Waals surface area (Å²) in [4.78, 5) is 56.9. The third-order valence-electron chi connectivity index (χ3n) is 12.6. The van der Waals surface area contributed by atoms with Gasteiger partial charge in [-0.1, -0.05) is 109 Å². The standard InChI is InChI=1S/C39H66N4O4/c44-36(43-24-13-14-25-43)27-35-39(47)41-34(38(46)40-28-32-21-15-20-30-18-11-12-22-33(30)32)23-10-5-3-1-2-4-9-19-31(37(45)42-35)26-29-16-7-6-8-17-29/h29-35H,1-28H2,(H,40,46)(H,41,47)(H,42,45)/t30?,31-,32?,33?,34+,35+/m1/s1. The molecule has 47 heavy (non-hydrogen) atoms. The van der Waals surface area contributed by atoms with E-state index in [-0.39, 0.29) is 36.0 Å². The zero-order valence-corrected chi connectivity index (χ0v) is 29.4. The van der Waals surface area contributed by atoms with E-state index in [0.717, 1.165) is 63.7 Å². The largest absolute Gasteiger partial charge is 0.354 e. The predicted molar refractivity (Wildman–Crippen MR) is 186 cm³/mol. The van der Waals surface area contributed by atoms with Gasteiger partial charge in [0.05, 0.1) is 6.42 Å². The van der Waals surface area contributed by atoms with Gasteiger partial charge >= 0.3 is 0 Å². The topological polar surface area (TPSA) is 108 Å². The molecule has 0 aromatic carbocycles. The minimum absolute atomic E-state index is 0.0484. The molecule has 3 unspecified atom stereocenters. The van der Waals surface area contributed by atoms with Gasteiger partial charge < -0.3 is 20.9 Å². The molecule has 5 rings (SSSR count). The third kappa shape index (κ3) is 11.2. The predicted octanol–water partition coefficient (Wildman–Crippen LogP) is 6.80. The fourth-order valence-electron chi connectivity index (χ4n) is 9.79. The molecule has 6 atom stereocenters. The summed E-state index contributed by atoms with van der Waals surface area (Å²) in [6.45, 7) is 2.10. The Kier molecular flexibility index (Phi) is 14.7. The summed E-state index contributed by atoms with van der Waals surface area (Å²) in [6, 6.07) is -1.62. The molecule has 2 saturated heterocycles. The molecule has 3 aliphatic carbocycles. The molecule has 0 bridgehead atoms. The average Bonchev–Trinajstić information content (AvgIpc) is 3.64. The van der Waals surface area contributed by atoms with Crippen LogP contribution in [0.4, 0.5) is 0 Å². The second-order valence-electron chi connectivity index (χ2n) is 16.0. The van der Waals surface area contributed by atoms with Crippen LogP contribution in [0.5, 0.6) is 0 Å². The number of hydrogen-bond donors (Lipinski definition) is 3. The molecule has 4 amide bonds. The SMILES string of the molecule is O=C1N[C@@H](CC(=O)N2CCCC2)C(=O)N[C@H](C(=O)NCC2CCCC3CCCCC32)CCCCCCCCC[C@@H]1CC1CCCCC1. The van der Waals surface area contributed by atoms with Gasteiger partial charge in [-0.15, -0.1) is 0 Å². The van der Waals surface area contributed by atoms with Gasteiger partial charge in [-0.25, -0.2) is 0 Å². The van der Waals surface area contributed by atoms with Crippen molar-refractivity contribution < 1.29 is 19.2 Å². The van der Waals surface area contributed by atoms with Crippen molar-refractivity contribution >= 4 is 23.6 Å². The number of rotatable bonds is 7. The number of fused-ring (bicyclic) bond motifs is 1. The summed E-state index contributed by atoms with van der Waals surface area (Å²) < 4.78 is 0. The molecule has 0 spiro atoms. The molecule has 0 aromatic rings. The molecule has 5 fully saturated rings. The molecule has 2 heterocycles. The molecule has 3 saturated carbocycles. The molecule has 3 N–H and O–H groups in total. The summed E-state index contributed by atoms with van der Waals surface area (Å²) in [5.74, 6) is 1.79. The number of carbonyl (C=O) groups is 4. The highest BCUT2D eigenvalue weighted by atomic mass is 16.2. The second-order valence-corrected chi connectivity index (χ2v) is 16.0. The molecule has 0 aromatic heterocycles. The Morgan fingerprint density at radius 1 is 0.638 bits per heavy atom. The average molecular weight is 655 g/mol. The number of hydrogen-bond acceptors (Lipinski definition) is 4. The summed E-state index contributed by atoms with van der Waals surface area (Å²) in [6.07, 6.45) is 26.9. The molecule has 5 aliphatic rings.